The average molecular weight is 289 g/mol. The molecule has 0 aromatic carbocycles. The van der Waals surface area contributed by atoms with Crippen LogP contribution in [0.5, 0.6) is 0 Å². The quantitative estimate of drug-likeness (QED) is 0.926. The summed E-state index contributed by atoms with van der Waals surface area (Å²) in [6, 6.07) is 2.37. The molecule has 0 aliphatic carbocycles. The molecule has 0 radical (unpaired) electrons. The Morgan fingerprint density at radius 1 is 1.45 bits per heavy atom. The second-order valence-electron chi connectivity index (χ2n) is 4.92. The summed E-state index contributed by atoms with van der Waals surface area (Å²) in [6.45, 7) is 2.66. The molecule has 0 bridgehead atoms. The van der Waals surface area contributed by atoms with Crippen LogP contribution in [0.15, 0.2) is 12.1 Å². The number of rotatable bonds is 3. The Bertz CT molecular complexity index is 478. The van der Waals surface area contributed by atoms with Gasteiger partial charge in [-0.25, -0.2) is 4.98 Å². The molecule has 1 aliphatic rings. The summed E-state index contributed by atoms with van der Waals surface area (Å²) in [6.07, 6.45) is -3.73. The second kappa shape index (κ2) is 5.57. The lowest BCUT2D eigenvalue weighted by Gasteiger charge is -2.29. The van der Waals surface area contributed by atoms with Gasteiger partial charge in [0.25, 0.3) is 0 Å². The summed E-state index contributed by atoms with van der Waals surface area (Å²) in [5.74, 6) is 0.282. The van der Waals surface area contributed by atoms with Crippen LogP contribution in [0.1, 0.15) is 24.6 Å². The molecule has 0 spiro atoms. The van der Waals surface area contributed by atoms with Crippen LogP contribution in [0.4, 0.5) is 19.0 Å². The Morgan fingerprint density at radius 3 is 2.65 bits per heavy atom. The van der Waals surface area contributed by atoms with E-state index in [4.69, 9.17) is 10.5 Å². The Morgan fingerprint density at radius 2 is 2.15 bits per heavy atom. The molecule has 2 unspecified atom stereocenters. The third kappa shape index (κ3) is 2.88. The summed E-state index contributed by atoms with van der Waals surface area (Å²) in [5.41, 5.74) is 5.30. The maximum Gasteiger partial charge on any atom is 0.433 e. The second-order valence-corrected chi connectivity index (χ2v) is 4.92. The highest BCUT2D eigenvalue weighted by molar-refractivity contribution is 5.49. The lowest BCUT2D eigenvalue weighted by Crippen LogP contribution is -2.38. The number of nitrogens with two attached hydrogens (primary N) is 1. The number of pyridine rings is 1. The molecule has 1 fully saturated rings. The maximum atomic E-state index is 12.8. The summed E-state index contributed by atoms with van der Waals surface area (Å²) >= 11 is 0. The molecule has 2 heterocycles. The molecule has 1 aliphatic heterocycles. The highest BCUT2D eigenvalue weighted by Gasteiger charge is 2.35. The van der Waals surface area contributed by atoms with Gasteiger partial charge >= 0.3 is 6.18 Å². The predicted molar refractivity (Wildman–Crippen MR) is 69.4 cm³/mol. The molecule has 1 aromatic heterocycles. The standard InChI is InChI=1S/C13H18F3N3O/c1-8-10(5-6-20-8)19(2)12-9(7-17)3-4-11(18-12)13(14,15)16/h3-4,8,10H,5-7,17H2,1-2H3. The number of halogens is 3. The first-order chi connectivity index (χ1) is 9.34. The van der Waals surface area contributed by atoms with Crippen molar-refractivity contribution in [3.8, 4) is 0 Å². The van der Waals surface area contributed by atoms with Crippen molar-refractivity contribution >= 4 is 5.82 Å². The first-order valence-electron chi connectivity index (χ1n) is 6.46. The van der Waals surface area contributed by atoms with Gasteiger partial charge in [0, 0.05) is 25.8 Å². The topological polar surface area (TPSA) is 51.4 Å². The fraction of sp³-hybridized carbons (Fsp3) is 0.615. The van der Waals surface area contributed by atoms with E-state index in [2.05, 4.69) is 4.98 Å². The van der Waals surface area contributed by atoms with E-state index >= 15 is 0 Å². The summed E-state index contributed by atoms with van der Waals surface area (Å²) < 4.78 is 43.8. The smallest absolute Gasteiger partial charge is 0.376 e. The number of hydrogen-bond donors (Lipinski definition) is 1. The van der Waals surface area contributed by atoms with Crippen molar-refractivity contribution in [1.29, 1.82) is 0 Å². The Labute approximate surface area is 115 Å². The monoisotopic (exact) mass is 289 g/mol. The number of anilines is 1. The van der Waals surface area contributed by atoms with E-state index in [1.54, 1.807) is 11.9 Å². The summed E-state index contributed by atoms with van der Waals surface area (Å²) in [5, 5.41) is 0. The molecule has 112 valence electrons. The molecule has 4 nitrogen and oxygen atoms in total. The number of aromatic nitrogens is 1. The van der Waals surface area contributed by atoms with Crippen LogP contribution in [0.25, 0.3) is 0 Å². The number of hydrogen-bond acceptors (Lipinski definition) is 4. The fourth-order valence-electron chi connectivity index (χ4n) is 2.49. The van der Waals surface area contributed by atoms with Crippen molar-refractivity contribution in [3.63, 3.8) is 0 Å². The first-order valence-corrected chi connectivity index (χ1v) is 6.46. The average Bonchev–Trinajstić information content (AvgIpc) is 2.82. The Balaban J connectivity index is 2.37. The third-order valence-corrected chi connectivity index (χ3v) is 3.63. The zero-order chi connectivity index (χ0) is 14.9. The van der Waals surface area contributed by atoms with Gasteiger partial charge in [0.05, 0.1) is 12.1 Å². The minimum atomic E-state index is -4.46. The van der Waals surface area contributed by atoms with Crippen molar-refractivity contribution in [3.05, 3.63) is 23.4 Å². The van der Waals surface area contributed by atoms with Crippen molar-refractivity contribution in [1.82, 2.24) is 4.98 Å². The molecule has 0 amide bonds. The Hall–Kier alpha value is -1.34. The number of ether oxygens (including phenoxy) is 1. The van der Waals surface area contributed by atoms with Gasteiger partial charge in [-0.15, -0.1) is 0 Å². The number of nitrogens with zero attached hydrogens (tertiary/aromatic N) is 2. The van der Waals surface area contributed by atoms with E-state index in [-0.39, 0.29) is 24.5 Å². The van der Waals surface area contributed by atoms with Crippen LogP contribution in [-0.4, -0.2) is 30.8 Å². The molecule has 1 aromatic rings. The zero-order valence-corrected chi connectivity index (χ0v) is 11.4. The molecule has 7 heteroatoms. The van der Waals surface area contributed by atoms with Crippen LogP contribution < -0.4 is 10.6 Å². The highest BCUT2D eigenvalue weighted by Crippen LogP contribution is 2.32. The minimum Gasteiger partial charge on any atom is -0.376 e. The summed E-state index contributed by atoms with van der Waals surface area (Å²) in [7, 11) is 1.73. The van der Waals surface area contributed by atoms with Crippen LogP contribution in [0, 0.1) is 0 Å². The maximum absolute atomic E-state index is 12.8. The van der Waals surface area contributed by atoms with E-state index in [0.29, 0.717) is 12.2 Å². The Kier molecular flexibility index (Phi) is 4.19. The van der Waals surface area contributed by atoms with Gasteiger partial charge in [0.2, 0.25) is 0 Å². The largest absolute Gasteiger partial charge is 0.433 e. The van der Waals surface area contributed by atoms with Gasteiger partial charge in [-0.2, -0.15) is 13.2 Å². The molecule has 2 atom stereocenters. The molecular formula is C13H18F3N3O. The molecule has 2 N–H and O–H groups in total. The molecule has 1 saturated heterocycles. The first kappa shape index (κ1) is 15.1. The van der Waals surface area contributed by atoms with E-state index in [1.807, 2.05) is 6.92 Å². The van der Waals surface area contributed by atoms with Crippen molar-refractivity contribution < 1.29 is 17.9 Å². The van der Waals surface area contributed by atoms with Gasteiger partial charge in [-0.3, -0.25) is 0 Å². The van der Waals surface area contributed by atoms with Gasteiger partial charge in [-0.05, 0) is 19.4 Å². The summed E-state index contributed by atoms with van der Waals surface area (Å²) in [4.78, 5) is 5.50. The van der Waals surface area contributed by atoms with Crippen molar-refractivity contribution in [2.45, 2.75) is 38.2 Å². The number of alkyl halides is 3. The fourth-order valence-corrected chi connectivity index (χ4v) is 2.49. The van der Waals surface area contributed by atoms with E-state index in [1.165, 1.54) is 6.07 Å². The van der Waals surface area contributed by atoms with Crippen LogP contribution in [-0.2, 0) is 17.5 Å². The third-order valence-electron chi connectivity index (χ3n) is 3.63. The molecular weight excluding hydrogens is 271 g/mol. The van der Waals surface area contributed by atoms with Gasteiger partial charge < -0.3 is 15.4 Å². The lowest BCUT2D eigenvalue weighted by atomic mass is 10.1. The van der Waals surface area contributed by atoms with Crippen molar-refractivity contribution in [2.75, 3.05) is 18.6 Å². The zero-order valence-electron chi connectivity index (χ0n) is 11.4. The van der Waals surface area contributed by atoms with Crippen LogP contribution in [0.3, 0.4) is 0 Å². The number of likely N-dealkylation sites (N-methyl/N-ethyl adjacent to an activating group) is 1. The molecule has 2 rings (SSSR count). The predicted octanol–water partition coefficient (Wildman–Crippen LogP) is 2.17. The van der Waals surface area contributed by atoms with Gasteiger partial charge in [-0.1, -0.05) is 6.07 Å². The van der Waals surface area contributed by atoms with Gasteiger partial charge in [0.1, 0.15) is 11.5 Å². The minimum absolute atomic E-state index is 0.0104. The van der Waals surface area contributed by atoms with E-state index in [9.17, 15) is 13.2 Å². The van der Waals surface area contributed by atoms with Gasteiger partial charge in [0.15, 0.2) is 0 Å². The van der Waals surface area contributed by atoms with E-state index in [0.717, 1.165) is 12.5 Å². The highest BCUT2D eigenvalue weighted by atomic mass is 19.4. The molecule has 20 heavy (non-hydrogen) atoms. The van der Waals surface area contributed by atoms with E-state index < -0.39 is 11.9 Å². The van der Waals surface area contributed by atoms with Crippen LogP contribution in [0.2, 0.25) is 0 Å². The molecule has 0 saturated carbocycles. The SMILES string of the molecule is CC1OCCC1N(C)c1nc(C(F)(F)F)ccc1CN. The van der Waals surface area contributed by atoms with Crippen molar-refractivity contribution in [2.24, 2.45) is 5.73 Å². The van der Waals surface area contributed by atoms with Crippen LogP contribution >= 0.6 is 0 Å². The lowest BCUT2D eigenvalue weighted by molar-refractivity contribution is -0.141. The normalized spacial score (nSPS) is 23.1.